The van der Waals surface area contributed by atoms with E-state index in [0.29, 0.717) is 16.4 Å². The molecule has 0 radical (unpaired) electrons. The lowest BCUT2D eigenvalue weighted by Gasteiger charge is -2.23. The molecule has 0 unspecified atom stereocenters. The first kappa shape index (κ1) is 12.9. The Morgan fingerprint density at radius 1 is 1.56 bits per heavy atom. The number of nitrogens with one attached hydrogen (secondary N) is 1. The van der Waals surface area contributed by atoms with Crippen LogP contribution in [0, 0.1) is 6.92 Å². The van der Waals surface area contributed by atoms with Crippen molar-refractivity contribution in [2.45, 2.75) is 26.3 Å². The maximum Gasteiger partial charge on any atom is 0.253 e. The van der Waals surface area contributed by atoms with Crippen molar-refractivity contribution in [1.82, 2.24) is 10.3 Å². The number of carbonyl (C=O) groups excluding carboxylic acids is 1. The van der Waals surface area contributed by atoms with Gasteiger partial charge >= 0.3 is 0 Å². The predicted octanol–water partition coefficient (Wildman–Crippen LogP) is 1.54. The van der Waals surface area contributed by atoms with Gasteiger partial charge in [-0.25, -0.2) is 4.98 Å². The number of hydrogen-bond acceptors (Lipinski definition) is 3. The molecule has 0 bridgehead atoms. The van der Waals surface area contributed by atoms with Gasteiger partial charge in [0, 0.05) is 0 Å². The molecule has 1 rings (SSSR count). The molecule has 4 nitrogen and oxygen atoms in total. The van der Waals surface area contributed by atoms with E-state index in [1.165, 1.54) is 0 Å². The van der Waals surface area contributed by atoms with Crippen LogP contribution in [0.3, 0.4) is 0 Å². The number of aromatic nitrogens is 1. The Balaban J connectivity index is 2.89. The fourth-order valence-electron chi connectivity index (χ4n) is 1.18. The highest BCUT2D eigenvalue weighted by Gasteiger charge is 2.21. The van der Waals surface area contributed by atoms with Gasteiger partial charge in [0.05, 0.1) is 23.4 Å². The zero-order valence-electron chi connectivity index (χ0n) is 9.54. The number of aryl methyl sites for hydroxylation is 1. The Morgan fingerprint density at radius 3 is 2.69 bits per heavy atom. The minimum absolute atomic E-state index is 0.126. The molecule has 0 atom stereocenters. The first-order chi connectivity index (χ1) is 7.35. The summed E-state index contributed by atoms with van der Waals surface area (Å²) in [6, 6.07) is 3.18. The Hall–Kier alpha value is -1.13. The minimum atomic E-state index is -0.650. The van der Waals surface area contributed by atoms with Gasteiger partial charge in [-0.1, -0.05) is 11.6 Å². The number of rotatable bonds is 3. The second-order valence-electron chi connectivity index (χ2n) is 4.26. The average Bonchev–Trinajstić information content (AvgIpc) is 2.16. The lowest BCUT2D eigenvalue weighted by Crippen LogP contribution is -2.46. The van der Waals surface area contributed by atoms with Gasteiger partial charge in [-0.2, -0.15) is 0 Å². The number of carbonyl (C=O) groups is 1. The predicted molar refractivity (Wildman–Crippen MR) is 62.6 cm³/mol. The molecule has 88 valence electrons. The summed E-state index contributed by atoms with van der Waals surface area (Å²) in [6.45, 7) is 5.07. The van der Waals surface area contributed by atoms with Gasteiger partial charge in [0.1, 0.15) is 5.15 Å². The monoisotopic (exact) mass is 242 g/mol. The third-order valence-electron chi connectivity index (χ3n) is 2.14. The number of pyridine rings is 1. The van der Waals surface area contributed by atoms with Crippen molar-refractivity contribution < 1.29 is 9.90 Å². The van der Waals surface area contributed by atoms with E-state index in [1.54, 1.807) is 32.9 Å². The van der Waals surface area contributed by atoms with E-state index in [1.807, 2.05) is 0 Å². The van der Waals surface area contributed by atoms with E-state index in [-0.39, 0.29) is 12.5 Å². The molecule has 1 aromatic heterocycles. The normalized spacial score (nSPS) is 11.3. The average molecular weight is 243 g/mol. The Morgan fingerprint density at radius 2 is 2.19 bits per heavy atom. The largest absolute Gasteiger partial charge is 0.394 e. The Bertz CT molecular complexity index is 405. The van der Waals surface area contributed by atoms with Crippen molar-refractivity contribution in [2.75, 3.05) is 6.61 Å². The standard InChI is InChI=1S/C11H15ClN2O2/c1-7-8(4-5-9(12)13-7)10(16)14-11(2,3)6-15/h4-5,15H,6H2,1-3H3,(H,14,16). The van der Waals surface area contributed by atoms with Crippen molar-refractivity contribution >= 4 is 17.5 Å². The second-order valence-corrected chi connectivity index (χ2v) is 4.65. The van der Waals surface area contributed by atoms with Crippen LogP contribution >= 0.6 is 11.6 Å². The van der Waals surface area contributed by atoms with Gasteiger partial charge in [-0.15, -0.1) is 0 Å². The van der Waals surface area contributed by atoms with E-state index in [0.717, 1.165) is 0 Å². The highest BCUT2D eigenvalue weighted by atomic mass is 35.5. The van der Waals surface area contributed by atoms with Crippen molar-refractivity contribution in [3.8, 4) is 0 Å². The molecule has 0 spiro atoms. The van der Waals surface area contributed by atoms with Crippen molar-refractivity contribution in [3.63, 3.8) is 0 Å². The number of hydrogen-bond donors (Lipinski definition) is 2. The van der Waals surface area contributed by atoms with Gasteiger partial charge in [-0.05, 0) is 32.9 Å². The molecular weight excluding hydrogens is 228 g/mol. The fraction of sp³-hybridized carbons (Fsp3) is 0.455. The van der Waals surface area contributed by atoms with Crippen LogP contribution in [0.5, 0.6) is 0 Å². The first-order valence-electron chi connectivity index (χ1n) is 4.92. The highest BCUT2D eigenvalue weighted by molar-refractivity contribution is 6.29. The van der Waals surface area contributed by atoms with Crippen molar-refractivity contribution in [3.05, 3.63) is 28.5 Å². The van der Waals surface area contributed by atoms with Crippen LogP contribution < -0.4 is 5.32 Å². The van der Waals surface area contributed by atoms with Crippen LogP contribution in [-0.2, 0) is 0 Å². The zero-order valence-corrected chi connectivity index (χ0v) is 10.3. The SMILES string of the molecule is Cc1nc(Cl)ccc1C(=O)NC(C)(C)CO. The van der Waals surface area contributed by atoms with Gasteiger partial charge in [0.2, 0.25) is 0 Å². The quantitative estimate of drug-likeness (QED) is 0.791. The zero-order chi connectivity index (χ0) is 12.3. The number of aliphatic hydroxyl groups is 1. The number of aliphatic hydroxyl groups excluding tert-OH is 1. The second kappa shape index (κ2) is 4.80. The summed E-state index contributed by atoms with van der Waals surface area (Å²) in [6.07, 6.45) is 0. The van der Waals surface area contributed by atoms with E-state index < -0.39 is 5.54 Å². The lowest BCUT2D eigenvalue weighted by atomic mass is 10.1. The first-order valence-corrected chi connectivity index (χ1v) is 5.30. The molecule has 0 aliphatic rings. The Kier molecular flexibility index (Phi) is 3.88. The molecule has 5 heteroatoms. The molecule has 0 aliphatic heterocycles. The molecule has 0 saturated carbocycles. The summed E-state index contributed by atoms with van der Waals surface area (Å²) in [5.74, 6) is -0.263. The summed E-state index contributed by atoms with van der Waals surface area (Å²) in [5, 5.41) is 12.1. The molecule has 0 fully saturated rings. The summed E-state index contributed by atoms with van der Waals surface area (Å²) < 4.78 is 0. The van der Waals surface area contributed by atoms with Crippen LogP contribution in [-0.4, -0.2) is 28.1 Å². The third-order valence-corrected chi connectivity index (χ3v) is 2.35. The number of halogens is 1. The smallest absolute Gasteiger partial charge is 0.253 e. The minimum Gasteiger partial charge on any atom is -0.394 e. The van der Waals surface area contributed by atoms with E-state index >= 15 is 0 Å². The summed E-state index contributed by atoms with van der Waals surface area (Å²) >= 11 is 5.70. The molecule has 0 aromatic carbocycles. The Labute approximate surface area is 99.6 Å². The molecule has 0 saturated heterocycles. The number of amides is 1. The van der Waals surface area contributed by atoms with Gasteiger partial charge in [0.15, 0.2) is 0 Å². The topological polar surface area (TPSA) is 62.2 Å². The molecule has 2 N–H and O–H groups in total. The van der Waals surface area contributed by atoms with Crippen LogP contribution in [0.2, 0.25) is 5.15 Å². The van der Waals surface area contributed by atoms with E-state index in [2.05, 4.69) is 10.3 Å². The van der Waals surface area contributed by atoms with Gasteiger partial charge in [0.25, 0.3) is 5.91 Å². The maximum absolute atomic E-state index is 11.8. The van der Waals surface area contributed by atoms with Crippen LogP contribution in [0.25, 0.3) is 0 Å². The molecule has 16 heavy (non-hydrogen) atoms. The third kappa shape index (κ3) is 3.18. The number of nitrogens with zero attached hydrogens (tertiary/aromatic N) is 1. The van der Waals surface area contributed by atoms with E-state index in [4.69, 9.17) is 16.7 Å². The summed E-state index contributed by atoms with van der Waals surface area (Å²) in [4.78, 5) is 15.8. The summed E-state index contributed by atoms with van der Waals surface area (Å²) in [7, 11) is 0. The highest BCUT2D eigenvalue weighted by Crippen LogP contribution is 2.12. The maximum atomic E-state index is 11.8. The van der Waals surface area contributed by atoms with Gasteiger partial charge < -0.3 is 10.4 Å². The van der Waals surface area contributed by atoms with Crippen molar-refractivity contribution in [2.24, 2.45) is 0 Å². The molecule has 1 aromatic rings. The molecule has 1 heterocycles. The van der Waals surface area contributed by atoms with E-state index in [9.17, 15) is 4.79 Å². The van der Waals surface area contributed by atoms with Gasteiger partial charge in [-0.3, -0.25) is 4.79 Å². The van der Waals surface area contributed by atoms with Crippen LogP contribution in [0.1, 0.15) is 29.9 Å². The molecule has 0 aliphatic carbocycles. The fourth-order valence-corrected chi connectivity index (χ4v) is 1.37. The van der Waals surface area contributed by atoms with Crippen molar-refractivity contribution in [1.29, 1.82) is 0 Å². The van der Waals surface area contributed by atoms with Crippen LogP contribution in [0.4, 0.5) is 0 Å². The lowest BCUT2D eigenvalue weighted by molar-refractivity contribution is 0.0868. The molecular formula is C11H15ClN2O2. The molecule has 1 amide bonds. The summed E-state index contributed by atoms with van der Waals surface area (Å²) in [5.41, 5.74) is 0.382. The van der Waals surface area contributed by atoms with Crippen LogP contribution in [0.15, 0.2) is 12.1 Å².